The van der Waals surface area contributed by atoms with Gasteiger partial charge in [-0.15, -0.1) is 0 Å². The second-order valence-corrected chi connectivity index (χ2v) is 7.63. The highest BCUT2D eigenvalue weighted by Gasteiger charge is 2.34. The van der Waals surface area contributed by atoms with Crippen LogP contribution in [0.5, 0.6) is 0 Å². The number of amides is 1. The number of halogens is 1. The molecule has 2 heterocycles. The second kappa shape index (κ2) is 6.89. The SMILES string of the molecule is Cc1ccc(C2c3[nH]c4ccccc4c3CCN2C(=O)c2ccc(F)cc2)cc1. The van der Waals surface area contributed by atoms with Crippen LogP contribution in [0.4, 0.5) is 4.39 Å². The van der Waals surface area contributed by atoms with E-state index in [0.29, 0.717) is 12.1 Å². The Balaban J connectivity index is 1.65. The second-order valence-electron chi connectivity index (χ2n) is 7.63. The van der Waals surface area contributed by atoms with Gasteiger partial charge in [0.1, 0.15) is 5.82 Å². The van der Waals surface area contributed by atoms with E-state index in [0.717, 1.165) is 23.2 Å². The Morgan fingerprint density at radius 1 is 1.00 bits per heavy atom. The molecule has 1 aromatic heterocycles. The minimum Gasteiger partial charge on any atom is -0.356 e. The van der Waals surface area contributed by atoms with E-state index in [4.69, 9.17) is 0 Å². The highest BCUT2D eigenvalue weighted by Crippen LogP contribution is 2.39. The Labute approximate surface area is 168 Å². The summed E-state index contributed by atoms with van der Waals surface area (Å²) in [7, 11) is 0. The Morgan fingerprint density at radius 2 is 1.72 bits per heavy atom. The van der Waals surface area contributed by atoms with Crippen LogP contribution in [0.1, 0.15) is 38.8 Å². The topological polar surface area (TPSA) is 36.1 Å². The van der Waals surface area contributed by atoms with Gasteiger partial charge in [-0.3, -0.25) is 4.79 Å². The average molecular weight is 384 g/mol. The van der Waals surface area contributed by atoms with Gasteiger partial charge in [0, 0.05) is 28.7 Å². The van der Waals surface area contributed by atoms with Crippen LogP contribution in [-0.4, -0.2) is 22.3 Å². The summed E-state index contributed by atoms with van der Waals surface area (Å²) >= 11 is 0. The van der Waals surface area contributed by atoms with Gasteiger partial charge in [-0.1, -0.05) is 48.0 Å². The van der Waals surface area contributed by atoms with E-state index < -0.39 is 0 Å². The molecule has 4 heteroatoms. The largest absolute Gasteiger partial charge is 0.356 e. The first-order valence-electron chi connectivity index (χ1n) is 9.84. The molecule has 5 rings (SSSR count). The predicted molar refractivity (Wildman–Crippen MR) is 112 cm³/mol. The zero-order valence-corrected chi connectivity index (χ0v) is 16.2. The molecule has 1 N–H and O–H groups in total. The third-order valence-electron chi connectivity index (χ3n) is 5.78. The Hall–Kier alpha value is -3.40. The first kappa shape index (κ1) is 17.7. The van der Waals surface area contributed by atoms with Crippen LogP contribution in [-0.2, 0) is 6.42 Å². The molecule has 0 bridgehead atoms. The average Bonchev–Trinajstić information content (AvgIpc) is 3.12. The van der Waals surface area contributed by atoms with Crippen molar-refractivity contribution >= 4 is 16.8 Å². The monoisotopic (exact) mass is 384 g/mol. The van der Waals surface area contributed by atoms with E-state index >= 15 is 0 Å². The fourth-order valence-electron chi connectivity index (χ4n) is 4.31. The molecule has 1 aliphatic rings. The van der Waals surface area contributed by atoms with Gasteiger partial charge in [0.15, 0.2) is 0 Å². The van der Waals surface area contributed by atoms with Gasteiger partial charge in [0.2, 0.25) is 0 Å². The van der Waals surface area contributed by atoms with Gasteiger partial charge in [0.05, 0.1) is 6.04 Å². The lowest BCUT2D eigenvalue weighted by molar-refractivity contribution is 0.0692. The molecule has 29 heavy (non-hydrogen) atoms. The zero-order chi connectivity index (χ0) is 20.0. The van der Waals surface area contributed by atoms with Crippen molar-refractivity contribution in [1.82, 2.24) is 9.88 Å². The number of nitrogens with one attached hydrogen (secondary N) is 1. The number of aromatic nitrogens is 1. The summed E-state index contributed by atoms with van der Waals surface area (Å²) in [6.45, 7) is 2.67. The highest BCUT2D eigenvalue weighted by molar-refractivity contribution is 5.95. The van der Waals surface area contributed by atoms with Crippen molar-refractivity contribution < 1.29 is 9.18 Å². The quantitative estimate of drug-likeness (QED) is 0.493. The fraction of sp³-hybridized carbons (Fsp3) is 0.160. The number of hydrogen-bond acceptors (Lipinski definition) is 1. The molecule has 0 saturated carbocycles. The van der Waals surface area contributed by atoms with Gasteiger partial charge in [-0.05, 0) is 54.8 Å². The van der Waals surface area contributed by atoms with E-state index in [-0.39, 0.29) is 17.8 Å². The summed E-state index contributed by atoms with van der Waals surface area (Å²) in [5.74, 6) is -0.423. The number of rotatable bonds is 2. The van der Waals surface area contributed by atoms with Crippen LogP contribution in [0.2, 0.25) is 0 Å². The molecule has 1 unspecified atom stereocenters. The highest BCUT2D eigenvalue weighted by atomic mass is 19.1. The van der Waals surface area contributed by atoms with Crippen LogP contribution < -0.4 is 0 Å². The van der Waals surface area contributed by atoms with Gasteiger partial charge in [0.25, 0.3) is 5.91 Å². The molecule has 0 spiro atoms. The number of carbonyl (C=O) groups excluding carboxylic acids is 1. The molecule has 3 aromatic carbocycles. The molecule has 0 aliphatic carbocycles. The molecule has 3 nitrogen and oxygen atoms in total. The molecular weight excluding hydrogens is 363 g/mol. The summed E-state index contributed by atoms with van der Waals surface area (Å²) in [5.41, 5.74) is 6.18. The van der Waals surface area contributed by atoms with E-state index in [1.54, 1.807) is 12.1 Å². The number of fused-ring (bicyclic) bond motifs is 3. The molecule has 0 fully saturated rings. The standard InChI is InChI=1S/C25H21FN2O/c1-16-6-8-17(9-7-16)24-23-21(20-4-2-3-5-22(20)27-23)14-15-28(24)25(29)18-10-12-19(26)13-11-18/h2-13,24,27H,14-15H2,1H3. The number of carbonyl (C=O) groups is 1. The number of aromatic amines is 1. The number of para-hydroxylation sites is 1. The number of aryl methyl sites for hydroxylation is 1. The molecule has 1 atom stereocenters. The number of H-pyrrole nitrogens is 1. The van der Waals surface area contributed by atoms with Crippen molar-refractivity contribution in [3.63, 3.8) is 0 Å². The molecular formula is C25H21FN2O. The maximum Gasteiger partial charge on any atom is 0.254 e. The minimum absolute atomic E-state index is 0.0834. The normalized spacial score (nSPS) is 16.1. The summed E-state index contributed by atoms with van der Waals surface area (Å²) in [5, 5.41) is 1.22. The third-order valence-corrected chi connectivity index (χ3v) is 5.78. The fourth-order valence-corrected chi connectivity index (χ4v) is 4.31. The zero-order valence-electron chi connectivity index (χ0n) is 16.2. The van der Waals surface area contributed by atoms with E-state index in [9.17, 15) is 9.18 Å². The van der Waals surface area contributed by atoms with Crippen molar-refractivity contribution in [2.75, 3.05) is 6.54 Å². The predicted octanol–water partition coefficient (Wildman–Crippen LogP) is 5.40. The van der Waals surface area contributed by atoms with E-state index in [2.05, 4.69) is 48.3 Å². The van der Waals surface area contributed by atoms with Crippen molar-refractivity contribution in [3.05, 3.63) is 107 Å². The van der Waals surface area contributed by atoms with Crippen molar-refractivity contribution in [3.8, 4) is 0 Å². The number of hydrogen-bond donors (Lipinski definition) is 1. The van der Waals surface area contributed by atoms with Gasteiger partial charge < -0.3 is 9.88 Å². The van der Waals surface area contributed by atoms with Crippen molar-refractivity contribution in [2.24, 2.45) is 0 Å². The van der Waals surface area contributed by atoms with Crippen molar-refractivity contribution in [2.45, 2.75) is 19.4 Å². The maximum absolute atomic E-state index is 13.4. The van der Waals surface area contributed by atoms with Gasteiger partial charge >= 0.3 is 0 Å². The van der Waals surface area contributed by atoms with Crippen LogP contribution in [0.25, 0.3) is 10.9 Å². The van der Waals surface area contributed by atoms with Crippen LogP contribution in [0, 0.1) is 12.7 Å². The van der Waals surface area contributed by atoms with Crippen LogP contribution >= 0.6 is 0 Å². The molecule has 4 aromatic rings. The first-order valence-corrected chi connectivity index (χ1v) is 9.84. The van der Waals surface area contributed by atoms with E-state index in [1.807, 2.05) is 17.0 Å². The number of benzene rings is 3. The molecule has 0 radical (unpaired) electrons. The third kappa shape index (κ3) is 3.01. The lowest BCUT2D eigenvalue weighted by atomic mass is 9.91. The summed E-state index contributed by atoms with van der Waals surface area (Å²) < 4.78 is 13.4. The smallest absolute Gasteiger partial charge is 0.254 e. The van der Waals surface area contributed by atoms with Crippen molar-refractivity contribution in [1.29, 1.82) is 0 Å². The molecule has 1 aliphatic heterocycles. The molecule has 0 saturated heterocycles. The lowest BCUT2D eigenvalue weighted by Gasteiger charge is -2.36. The summed E-state index contributed by atoms with van der Waals surface area (Å²) in [6, 6.07) is 22.2. The summed E-state index contributed by atoms with van der Waals surface area (Å²) in [4.78, 5) is 18.8. The molecule has 1 amide bonds. The Bertz CT molecular complexity index is 1190. The number of nitrogens with zero attached hydrogens (tertiary/aromatic N) is 1. The molecule has 144 valence electrons. The van der Waals surface area contributed by atoms with Gasteiger partial charge in [-0.2, -0.15) is 0 Å². The van der Waals surface area contributed by atoms with Crippen LogP contribution in [0.15, 0.2) is 72.8 Å². The minimum atomic E-state index is -0.340. The lowest BCUT2D eigenvalue weighted by Crippen LogP contribution is -2.40. The van der Waals surface area contributed by atoms with Gasteiger partial charge in [-0.25, -0.2) is 4.39 Å². The first-order chi connectivity index (χ1) is 14.1. The van der Waals surface area contributed by atoms with Crippen LogP contribution in [0.3, 0.4) is 0 Å². The van der Waals surface area contributed by atoms with E-state index in [1.165, 1.54) is 28.6 Å². The maximum atomic E-state index is 13.4. The Kier molecular flexibility index (Phi) is 4.20. The summed E-state index contributed by atoms with van der Waals surface area (Å²) in [6.07, 6.45) is 0.786. The Morgan fingerprint density at radius 3 is 2.48 bits per heavy atom.